The number of aromatic nitrogens is 2. The van der Waals surface area contributed by atoms with Crippen molar-refractivity contribution in [2.24, 2.45) is 0 Å². The largest absolute Gasteiger partial charge is 0.493 e. The van der Waals surface area contributed by atoms with E-state index in [2.05, 4.69) is 11.2 Å². The number of hydrogen-bond acceptors (Lipinski definition) is 4. The van der Waals surface area contributed by atoms with Crippen molar-refractivity contribution in [1.29, 1.82) is 0 Å². The molecule has 3 rings (SSSR count). The minimum absolute atomic E-state index is 0.0301. The van der Waals surface area contributed by atoms with Crippen LogP contribution in [0.3, 0.4) is 0 Å². The number of carbonyl (C=O) groups excluding carboxylic acids is 1. The lowest BCUT2D eigenvalue weighted by molar-refractivity contribution is 0.0785. The third kappa shape index (κ3) is 4.77. The fourth-order valence-corrected chi connectivity index (χ4v) is 3.31. The number of ether oxygens (including phenoxy) is 2. The molecule has 0 aliphatic carbocycles. The smallest absolute Gasteiger partial charge is 0.253 e. The highest BCUT2D eigenvalue weighted by Gasteiger charge is 2.14. The Morgan fingerprint density at radius 2 is 1.62 bits per heavy atom. The second-order valence-electron chi connectivity index (χ2n) is 7.13. The van der Waals surface area contributed by atoms with Crippen molar-refractivity contribution in [3.05, 3.63) is 76.6 Å². The van der Waals surface area contributed by atoms with Crippen molar-refractivity contribution in [3.8, 4) is 11.5 Å². The number of aryl methyl sites for hydroxylation is 2. The van der Waals surface area contributed by atoms with Crippen LogP contribution < -0.4 is 9.47 Å². The van der Waals surface area contributed by atoms with Crippen molar-refractivity contribution >= 4 is 5.91 Å². The molecule has 0 unspecified atom stereocenters. The first-order chi connectivity index (χ1) is 13.9. The fourth-order valence-electron chi connectivity index (χ4n) is 3.31. The zero-order valence-corrected chi connectivity index (χ0v) is 17.6. The normalized spacial score (nSPS) is 10.7. The van der Waals surface area contributed by atoms with Gasteiger partial charge < -0.3 is 14.4 Å². The molecular formula is C23H27N3O3. The van der Waals surface area contributed by atoms with Crippen molar-refractivity contribution in [2.45, 2.75) is 26.9 Å². The molecule has 2 aromatic carbocycles. The lowest BCUT2D eigenvalue weighted by Crippen LogP contribution is -2.26. The Bertz CT molecular complexity index is 993. The Labute approximate surface area is 171 Å². The summed E-state index contributed by atoms with van der Waals surface area (Å²) in [7, 11) is 5.00. The van der Waals surface area contributed by atoms with Crippen LogP contribution in [0.4, 0.5) is 0 Å². The zero-order valence-electron chi connectivity index (χ0n) is 17.6. The molecular weight excluding hydrogens is 366 g/mol. The van der Waals surface area contributed by atoms with Gasteiger partial charge in [0.25, 0.3) is 5.91 Å². The van der Waals surface area contributed by atoms with E-state index in [1.807, 2.05) is 61.0 Å². The van der Waals surface area contributed by atoms with Crippen LogP contribution in [0.5, 0.6) is 11.5 Å². The Morgan fingerprint density at radius 1 is 0.966 bits per heavy atom. The lowest BCUT2D eigenvalue weighted by atomic mass is 10.1. The Hall–Kier alpha value is -3.28. The Balaban J connectivity index is 1.67. The van der Waals surface area contributed by atoms with Crippen molar-refractivity contribution in [3.63, 3.8) is 0 Å². The molecule has 0 saturated carbocycles. The molecule has 0 N–H and O–H groups in total. The van der Waals surface area contributed by atoms with Crippen LogP contribution >= 0.6 is 0 Å². The fraction of sp³-hybridized carbons (Fsp3) is 0.304. The molecule has 152 valence electrons. The molecule has 0 saturated heterocycles. The molecule has 0 fully saturated rings. The van der Waals surface area contributed by atoms with E-state index in [0.29, 0.717) is 30.2 Å². The maximum atomic E-state index is 12.8. The van der Waals surface area contributed by atoms with Crippen LogP contribution in [-0.2, 0) is 13.1 Å². The SMILES string of the molecule is COc1ccc(CN(C)C(=O)c2ccc(Cn3nc(C)cc3C)cc2)cc1OC. The number of rotatable bonds is 7. The highest BCUT2D eigenvalue weighted by molar-refractivity contribution is 5.94. The van der Waals surface area contributed by atoms with E-state index in [9.17, 15) is 4.79 Å². The maximum absolute atomic E-state index is 12.8. The van der Waals surface area contributed by atoms with Crippen molar-refractivity contribution in [2.75, 3.05) is 21.3 Å². The molecule has 6 heteroatoms. The summed E-state index contributed by atoms with van der Waals surface area (Å²) in [4.78, 5) is 14.5. The summed E-state index contributed by atoms with van der Waals surface area (Å²) in [6.45, 7) is 5.20. The van der Waals surface area contributed by atoms with Gasteiger partial charge >= 0.3 is 0 Å². The minimum Gasteiger partial charge on any atom is -0.493 e. The van der Waals surface area contributed by atoms with Crippen LogP contribution in [0, 0.1) is 13.8 Å². The Kier molecular flexibility index (Phi) is 6.22. The monoisotopic (exact) mass is 393 g/mol. The third-order valence-corrected chi connectivity index (χ3v) is 4.85. The van der Waals surface area contributed by atoms with Crippen molar-refractivity contribution in [1.82, 2.24) is 14.7 Å². The highest BCUT2D eigenvalue weighted by Crippen LogP contribution is 2.28. The van der Waals surface area contributed by atoms with Crippen molar-refractivity contribution < 1.29 is 14.3 Å². The molecule has 0 atom stereocenters. The van der Waals surface area contributed by atoms with Crippen LogP contribution in [-0.4, -0.2) is 41.9 Å². The van der Waals surface area contributed by atoms with Crippen LogP contribution in [0.25, 0.3) is 0 Å². The van der Waals surface area contributed by atoms with E-state index in [1.54, 1.807) is 26.2 Å². The standard InChI is InChI=1S/C23H27N3O3/c1-16-12-17(2)26(24-16)15-18-6-9-20(10-7-18)23(27)25(3)14-19-8-11-21(28-4)22(13-19)29-5/h6-13H,14-15H2,1-5H3. The highest BCUT2D eigenvalue weighted by atomic mass is 16.5. The minimum atomic E-state index is -0.0301. The topological polar surface area (TPSA) is 56.6 Å². The molecule has 0 aliphatic rings. The molecule has 0 spiro atoms. The summed E-state index contributed by atoms with van der Waals surface area (Å²) in [5.74, 6) is 1.29. The maximum Gasteiger partial charge on any atom is 0.253 e. The molecule has 0 bridgehead atoms. The lowest BCUT2D eigenvalue weighted by Gasteiger charge is -2.18. The number of hydrogen-bond donors (Lipinski definition) is 0. The summed E-state index contributed by atoms with van der Waals surface area (Å²) >= 11 is 0. The van der Waals surface area contributed by atoms with Crippen LogP contribution in [0.2, 0.25) is 0 Å². The summed E-state index contributed by atoms with van der Waals surface area (Å²) < 4.78 is 12.6. The number of methoxy groups -OCH3 is 2. The van der Waals surface area contributed by atoms with Gasteiger partial charge in [0.2, 0.25) is 0 Å². The van der Waals surface area contributed by atoms with Gasteiger partial charge in [0.15, 0.2) is 11.5 Å². The number of amides is 1. The predicted octanol–water partition coefficient (Wildman–Crippen LogP) is 3.84. The van der Waals surface area contributed by atoms with E-state index in [0.717, 1.165) is 22.5 Å². The van der Waals surface area contributed by atoms with Gasteiger partial charge in [-0.25, -0.2) is 0 Å². The summed E-state index contributed by atoms with van der Waals surface area (Å²) in [6.07, 6.45) is 0. The van der Waals surface area contributed by atoms with Crippen LogP contribution in [0.1, 0.15) is 32.9 Å². The van der Waals surface area contributed by atoms with Crippen LogP contribution in [0.15, 0.2) is 48.5 Å². The summed E-state index contributed by atoms with van der Waals surface area (Å²) in [6, 6.07) is 15.4. The second kappa shape index (κ2) is 8.82. The first-order valence-electron chi connectivity index (χ1n) is 9.47. The van der Waals surface area contributed by atoms with Gasteiger partial charge in [-0.1, -0.05) is 18.2 Å². The predicted molar refractivity (Wildman–Crippen MR) is 113 cm³/mol. The second-order valence-corrected chi connectivity index (χ2v) is 7.13. The number of carbonyl (C=O) groups is 1. The average Bonchev–Trinajstić information content (AvgIpc) is 3.04. The molecule has 0 radical (unpaired) electrons. The molecule has 1 heterocycles. The Morgan fingerprint density at radius 3 is 2.21 bits per heavy atom. The van der Waals surface area contributed by atoms with E-state index < -0.39 is 0 Å². The van der Waals surface area contributed by atoms with Gasteiger partial charge in [0.1, 0.15) is 0 Å². The van der Waals surface area contributed by atoms with Gasteiger partial charge in [-0.05, 0) is 55.3 Å². The molecule has 1 amide bonds. The quantitative estimate of drug-likeness (QED) is 0.612. The molecule has 1 aromatic heterocycles. The van der Waals surface area contributed by atoms with Gasteiger partial charge in [-0.15, -0.1) is 0 Å². The summed E-state index contributed by atoms with van der Waals surface area (Å²) in [5, 5.41) is 4.49. The van der Waals surface area contributed by atoms with E-state index in [4.69, 9.17) is 9.47 Å². The third-order valence-electron chi connectivity index (χ3n) is 4.85. The first-order valence-corrected chi connectivity index (χ1v) is 9.47. The van der Waals surface area contributed by atoms with Gasteiger partial charge in [-0.2, -0.15) is 5.10 Å². The molecule has 3 aromatic rings. The average molecular weight is 393 g/mol. The van der Waals surface area contributed by atoms with Gasteiger partial charge in [0, 0.05) is 24.8 Å². The summed E-state index contributed by atoms with van der Waals surface area (Å²) in [5.41, 5.74) is 4.86. The molecule has 29 heavy (non-hydrogen) atoms. The molecule has 6 nitrogen and oxygen atoms in total. The van der Waals surface area contributed by atoms with Gasteiger partial charge in [0.05, 0.1) is 26.5 Å². The molecule has 0 aliphatic heterocycles. The zero-order chi connectivity index (χ0) is 21.0. The number of nitrogens with zero attached hydrogens (tertiary/aromatic N) is 3. The number of benzene rings is 2. The van der Waals surface area contributed by atoms with E-state index in [-0.39, 0.29) is 5.91 Å². The first kappa shape index (κ1) is 20.5. The van der Waals surface area contributed by atoms with Gasteiger partial charge in [-0.3, -0.25) is 9.48 Å². The van der Waals surface area contributed by atoms with E-state index >= 15 is 0 Å². The van der Waals surface area contributed by atoms with E-state index in [1.165, 1.54) is 0 Å².